The summed E-state index contributed by atoms with van der Waals surface area (Å²) in [5.41, 5.74) is 1.92. The predicted octanol–water partition coefficient (Wildman–Crippen LogP) is 3.79. The fourth-order valence-corrected chi connectivity index (χ4v) is 2.65. The van der Waals surface area contributed by atoms with E-state index in [2.05, 4.69) is 0 Å². The van der Waals surface area contributed by atoms with Crippen LogP contribution in [-0.2, 0) is 0 Å². The summed E-state index contributed by atoms with van der Waals surface area (Å²) in [6, 6.07) is 11.5. The lowest BCUT2D eigenvalue weighted by atomic mass is 10.1. The van der Waals surface area contributed by atoms with Crippen molar-refractivity contribution >= 4 is 22.9 Å². The first-order chi connectivity index (χ1) is 7.18. The minimum atomic E-state index is -0.567. The average Bonchev–Trinajstić information content (AvgIpc) is 2.59. The van der Waals surface area contributed by atoms with Crippen LogP contribution in [0.5, 0.6) is 0 Å². The van der Waals surface area contributed by atoms with Gasteiger partial charge in [-0.25, -0.2) is 0 Å². The van der Waals surface area contributed by atoms with Crippen molar-refractivity contribution in [3.8, 4) is 0 Å². The molecule has 78 valence electrons. The second kappa shape index (κ2) is 4.35. The molecule has 2 rings (SSSR count). The van der Waals surface area contributed by atoms with Crippen LogP contribution in [0, 0.1) is 6.92 Å². The molecule has 0 saturated heterocycles. The maximum Gasteiger partial charge on any atom is 0.113 e. The zero-order chi connectivity index (χ0) is 10.8. The van der Waals surface area contributed by atoms with Crippen LogP contribution in [-0.4, -0.2) is 5.11 Å². The van der Waals surface area contributed by atoms with Crippen LogP contribution in [0.1, 0.15) is 22.1 Å². The molecule has 0 aliphatic carbocycles. The lowest BCUT2D eigenvalue weighted by molar-refractivity contribution is 0.224. The lowest BCUT2D eigenvalue weighted by Gasteiger charge is -2.07. The Morgan fingerprint density at radius 3 is 2.47 bits per heavy atom. The van der Waals surface area contributed by atoms with Gasteiger partial charge in [-0.15, -0.1) is 11.3 Å². The van der Waals surface area contributed by atoms with Gasteiger partial charge in [0.15, 0.2) is 0 Å². The number of halogens is 1. The molecule has 1 aromatic carbocycles. The molecule has 0 fully saturated rings. The van der Waals surface area contributed by atoms with E-state index in [0.29, 0.717) is 0 Å². The number of hydrogen-bond acceptors (Lipinski definition) is 2. The van der Waals surface area contributed by atoms with Crippen molar-refractivity contribution in [3.63, 3.8) is 0 Å². The monoisotopic (exact) mass is 238 g/mol. The maximum absolute atomic E-state index is 10.1. The number of thiophene rings is 1. The summed E-state index contributed by atoms with van der Waals surface area (Å²) in [6.07, 6.45) is -0.567. The Bertz CT molecular complexity index is 430. The predicted molar refractivity (Wildman–Crippen MR) is 64.6 cm³/mol. The Morgan fingerprint density at radius 2 is 1.93 bits per heavy atom. The molecule has 0 bridgehead atoms. The second-order valence-corrected chi connectivity index (χ2v) is 5.10. The fraction of sp³-hybridized carbons (Fsp3) is 0.167. The highest BCUT2D eigenvalue weighted by Gasteiger charge is 2.13. The molecule has 0 aliphatic heterocycles. The molecule has 0 radical (unpaired) electrons. The quantitative estimate of drug-likeness (QED) is 0.844. The number of aliphatic hydroxyl groups is 1. The van der Waals surface area contributed by atoms with Gasteiger partial charge in [0, 0.05) is 4.88 Å². The highest BCUT2D eigenvalue weighted by Crippen LogP contribution is 2.33. The Labute approximate surface area is 98.0 Å². The Morgan fingerprint density at radius 1 is 1.27 bits per heavy atom. The normalized spacial score (nSPS) is 12.7. The van der Waals surface area contributed by atoms with Gasteiger partial charge in [-0.05, 0) is 24.1 Å². The van der Waals surface area contributed by atoms with E-state index >= 15 is 0 Å². The molecule has 1 atom stereocenters. The van der Waals surface area contributed by atoms with Gasteiger partial charge in [0.2, 0.25) is 0 Å². The molecule has 1 aromatic heterocycles. The minimum absolute atomic E-state index is 0.567. The minimum Gasteiger partial charge on any atom is -0.383 e. The molecule has 1 unspecified atom stereocenters. The largest absolute Gasteiger partial charge is 0.383 e. The third-order valence-electron chi connectivity index (χ3n) is 2.26. The van der Waals surface area contributed by atoms with Crippen LogP contribution in [0.4, 0.5) is 0 Å². The van der Waals surface area contributed by atoms with Crippen molar-refractivity contribution in [1.82, 2.24) is 0 Å². The molecule has 2 aromatic rings. The zero-order valence-corrected chi connectivity index (χ0v) is 9.85. The van der Waals surface area contributed by atoms with E-state index in [4.69, 9.17) is 11.6 Å². The third-order valence-corrected chi connectivity index (χ3v) is 3.87. The third kappa shape index (κ3) is 2.23. The molecule has 1 N–H and O–H groups in total. The van der Waals surface area contributed by atoms with Gasteiger partial charge >= 0.3 is 0 Å². The summed E-state index contributed by atoms with van der Waals surface area (Å²) < 4.78 is 0.750. The van der Waals surface area contributed by atoms with Gasteiger partial charge in [-0.2, -0.15) is 0 Å². The van der Waals surface area contributed by atoms with Gasteiger partial charge in [-0.3, -0.25) is 0 Å². The average molecular weight is 239 g/mol. The van der Waals surface area contributed by atoms with Crippen LogP contribution in [0.3, 0.4) is 0 Å². The van der Waals surface area contributed by atoms with Crippen molar-refractivity contribution in [2.24, 2.45) is 0 Å². The molecule has 15 heavy (non-hydrogen) atoms. The van der Waals surface area contributed by atoms with Crippen molar-refractivity contribution in [2.45, 2.75) is 13.0 Å². The highest BCUT2D eigenvalue weighted by molar-refractivity contribution is 7.16. The van der Waals surface area contributed by atoms with Crippen LogP contribution in [0.2, 0.25) is 4.34 Å². The van der Waals surface area contributed by atoms with Gasteiger partial charge in [0.05, 0.1) is 4.34 Å². The summed E-state index contributed by atoms with van der Waals surface area (Å²) in [5, 5.41) is 10.1. The van der Waals surface area contributed by atoms with E-state index in [0.717, 1.165) is 20.3 Å². The van der Waals surface area contributed by atoms with Crippen molar-refractivity contribution < 1.29 is 5.11 Å². The molecule has 0 aliphatic rings. The van der Waals surface area contributed by atoms with E-state index in [1.165, 1.54) is 11.3 Å². The number of rotatable bonds is 2. The lowest BCUT2D eigenvalue weighted by Crippen LogP contribution is -1.95. The molecule has 0 saturated carbocycles. The highest BCUT2D eigenvalue weighted by atomic mass is 35.5. The molecule has 3 heteroatoms. The summed E-state index contributed by atoms with van der Waals surface area (Å²) in [6.45, 7) is 1.94. The molecule has 1 nitrogen and oxygen atoms in total. The standard InChI is InChI=1S/C12H11ClOS/c1-8-7-10(15-12(8)13)11(14)9-5-3-2-4-6-9/h2-7,11,14H,1H3. The van der Waals surface area contributed by atoms with E-state index in [1.54, 1.807) is 0 Å². The smallest absolute Gasteiger partial charge is 0.113 e. The summed E-state index contributed by atoms with van der Waals surface area (Å²) in [5.74, 6) is 0. The Balaban J connectivity index is 2.32. The van der Waals surface area contributed by atoms with Crippen LogP contribution >= 0.6 is 22.9 Å². The summed E-state index contributed by atoms with van der Waals surface area (Å²) in [4.78, 5) is 0.892. The van der Waals surface area contributed by atoms with Crippen LogP contribution in [0.25, 0.3) is 0 Å². The van der Waals surface area contributed by atoms with Crippen molar-refractivity contribution in [2.75, 3.05) is 0 Å². The number of benzene rings is 1. The second-order valence-electron chi connectivity index (χ2n) is 3.42. The topological polar surface area (TPSA) is 20.2 Å². The number of hydrogen-bond donors (Lipinski definition) is 1. The number of aryl methyl sites for hydroxylation is 1. The van der Waals surface area contributed by atoms with Gasteiger partial charge in [0.25, 0.3) is 0 Å². The van der Waals surface area contributed by atoms with E-state index in [9.17, 15) is 5.11 Å². The van der Waals surface area contributed by atoms with Gasteiger partial charge in [0.1, 0.15) is 6.10 Å². The van der Waals surface area contributed by atoms with Crippen molar-refractivity contribution in [3.05, 3.63) is 56.7 Å². The molecule has 0 spiro atoms. The molecular formula is C12H11ClOS. The van der Waals surface area contributed by atoms with E-state index in [-0.39, 0.29) is 0 Å². The fourth-order valence-electron chi connectivity index (χ4n) is 1.42. The Hall–Kier alpha value is -0.830. The van der Waals surface area contributed by atoms with Crippen molar-refractivity contribution in [1.29, 1.82) is 0 Å². The van der Waals surface area contributed by atoms with Gasteiger partial charge in [-0.1, -0.05) is 41.9 Å². The van der Waals surface area contributed by atoms with E-state index < -0.39 is 6.10 Å². The first-order valence-electron chi connectivity index (χ1n) is 4.67. The molecule has 0 amide bonds. The first-order valence-corrected chi connectivity index (χ1v) is 5.87. The van der Waals surface area contributed by atoms with Crippen LogP contribution < -0.4 is 0 Å². The van der Waals surface area contributed by atoms with Crippen LogP contribution in [0.15, 0.2) is 36.4 Å². The maximum atomic E-state index is 10.1. The Kier molecular flexibility index (Phi) is 3.10. The zero-order valence-electron chi connectivity index (χ0n) is 8.27. The van der Waals surface area contributed by atoms with E-state index in [1.807, 2.05) is 43.3 Å². The van der Waals surface area contributed by atoms with Gasteiger partial charge < -0.3 is 5.11 Å². The molecular weight excluding hydrogens is 228 g/mol. The number of aliphatic hydroxyl groups excluding tert-OH is 1. The first kappa shape index (κ1) is 10.7. The SMILES string of the molecule is Cc1cc(C(O)c2ccccc2)sc1Cl. The summed E-state index contributed by atoms with van der Waals surface area (Å²) in [7, 11) is 0. The molecule has 1 heterocycles. The summed E-state index contributed by atoms with van der Waals surface area (Å²) >= 11 is 7.40.